The van der Waals surface area contributed by atoms with Crippen molar-refractivity contribution in [3.8, 4) is 0 Å². The molecule has 5 heteroatoms. The van der Waals surface area contributed by atoms with Crippen LogP contribution in [0.25, 0.3) is 0 Å². The summed E-state index contributed by atoms with van der Waals surface area (Å²) in [7, 11) is 0. The van der Waals surface area contributed by atoms with E-state index in [1.165, 1.54) is 5.01 Å². The van der Waals surface area contributed by atoms with Crippen LogP contribution in [-0.4, -0.2) is 46.1 Å². The summed E-state index contributed by atoms with van der Waals surface area (Å²) >= 11 is 0. The van der Waals surface area contributed by atoms with E-state index in [9.17, 15) is 14.7 Å². The Morgan fingerprint density at radius 3 is 2.19 bits per heavy atom. The molecule has 16 heavy (non-hydrogen) atoms. The first-order chi connectivity index (χ1) is 7.36. The minimum Gasteiger partial charge on any atom is -0.464 e. The van der Waals surface area contributed by atoms with Gasteiger partial charge >= 0.3 is 6.09 Å². The molecule has 0 atom stereocenters. The smallest absolute Gasteiger partial charge is 0.422 e. The molecule has 0 bridgehead atoms. The maximum Gasteiger partial charge on any atom is 0.422 e. The number of hydrogen-bond donors (Lipinski definition) is 1. The summed E-state index contributed by atoms with van der Waals surface area (Å²) in [6.45, 7) is 6.87. The van der Waals surface area contributed by atoms with Gasteiger partial charge in [0.05, 0.1) is 5.54 Å². The van der Waals surface area contributed by atoms with Crippen LogP contribution in [0.1, 0.15) is 33.6 Å². The summed E-state index contributed by atoms with van der Waals surface area (Å²) < 4.78 is 0. The van der Waals surface area contributed by atoms with Crippen LogP contribution in [-0.2, 0) is 4.79 Å². The fourth-order valence-electron chi connectivity index (χ4n) is 2.05. The highest BCUT2D eigenvalue weighted by Gasteiger charge is 2.34. The molecule has 1 amide bonds. The minimum atomic E-state index is -0.933. The summed E-state index contributed by atoms with van der Waals surface area (Å²) in [6.07, 6.45) is 1.52. The van der Waals surface area contributed by atoms with E-state index in [0.717, 1.165) is 19.1 Å². The van der Waals surface area contributed by atoms with E-state index in [0.29, 0.717) is 13.1 Å². The Bertz CT molecular complexity index is 265. The second-order valence-electron chi connectivity index (χ2n) is 5.19. The zero-order valence-corrected chi connectivity index (χ0v) is 10.1. The first-order valence-electron chi connectivity index (χ1n) is 5.59. The van der Waals surface area contributed by atoms with E-state index in [1.54, 1.807) is 0 Å². The highest BCUT2D eigenvalue weighted by Crippen LogP contribution is 2.22. The third-order valence-electron chi connectivity index (χ3n) is 2.81. The molecule has 0 aromatic heterocycles. The lowest BCUT2D eigenvalue weighted by Gasteiger charge is -2.44. The third kappa shape index (κ3) is 2.95. The SMILES string of the molecule is CC(C)(C)N(C(=O)O)N1CCC(C=O)CC1. The van der Waals surface area contributed by atoms with Crippen LogP contribution in [0, 0.1) is 5.92 Å². The van der Waals surface area contributed by atoms with Crippen LogP contribution in [0.2, 0.25) is 0 Å². The number of piperidine rings is 1. The average Bonchev–Trinajstić information content (AvgIpc) is 2.16. The highest BCUT2D eigenvalue weighted by atomic mass is 16.4. The van der Waals surface area contributed by atoms with Crippen LogP contribution >= 0.6 is 0 Å². The topological polar surface area (TPSA) is 60.9 Å². The second-order valence-corrected chi connectivity index (χ2v) is 5.19. The minimum absolute atomic E-state index is 0.0897. The number of aldehydes is 1. The molecule has 0 aromatic carbocycles. The average molecular weight is 228 g/mol. The summed E-state index contributed by atoms with van der Waals surface area (Å²) in [5.41, 5.74) is -0.445. The van der Waals surface area contributed by atoms with Gasteiger partial charge in [-0.1, -0.05) is 0 Å². The van der Waals surface area contributed by atoms with Crippen molar-refractivity contribution in [2.75, 3.05) is 13.1 Å². The maximum atomic E-state index is 11.2. The number of carbonyl (C=O) groups is 2. The van der Waals surface area contributed by atoms with Gasteiger partial charge in [-0.05, 0) is 33.6 Å². The number of carboxylic acid groups (broad SMARTS) is 1. The van der Waals surface area contributed by atoms with Crippen molar-refractivity contribution in [1.82, 2.24) is 10.0 Å². The van der Waals surface area contributed by atoms with E-state index in [2.05, 4.69) is 0 Å². The van der Waals surface area contributed by atoms with Crippen molar-refractivity contribution in [2.24, 2.45) is 5.92 Å². The quantitative estimate of drug-likeness (QED) is 0.729. The Morgan fingerprint density at radius 2 is 1.88 bits per heavy atom. The first kappa shape index (κ1) is 13.0. The summed E-state index contributed by atoms with van der Waals surface area (Å²) in [4.78, 5) is 21.8. The van der Waals surface area contributed by atoms with Gasteiger partial charge in [0.15, 0.2) is 0 Å². The fourth-order valence-corrected chi connectivity index (χ4v) is 2.05. The lowest BCUT2D eigenvalue weighted by molar-refractivity contribution is -0.116. The van der Waals surface area contributed by atoms with Gasteiger partial charge in [-0.25, -0.2) is 14.8 Å². The monoisotopic (exact) mass is 228 g/mol. The van der Waals surface area contributed by atoms with Crippen LogP contribution in [0.4, 0.5) is 4.79 Å². The highest BCUT2D eigenvalue weighted by molar-refractivity contribution is 5.65. The number of nitrogens with zero attached hydrogens (tertiary/aromatic N) is 2. The molecule has 0 saturated carbocycles. The Labute approximate surface area is 96.0 Å². The van der Waals surface area contributed by atoms with Crippen molar-refractivity contribution in [3.63, 3.8) is 0 Å². The van der Waals surface area contributed by atoms with Crippen molar-refractivity contribution in [2.45, 2.75) is 39.2 Å². The van der Waals surface area contributed by atoms with Gasteiger partial charge in [-0.3, -0.25) is 0 Å². The molecule has 0 radical (unpaired) electrons. The van der Waals surface area contributed by atoms with E-state index < -0.39 is 11.6 Å². The Kier molecular flexibility index (Phi) is 3.91. The van der Waals surface area contributed by atoms with E-state index >= 15 is 0 Å². The van der Waals surface area contributed by atoms with E-state index in [4.69, 9.17) is 0 Å². The Hall–Kier alpha value is -1.10. The van der Waals surface area contributed by atoms with Crippen LogP contribution in [0.3, 0.4) is 0 Å². The number of amides is 1. The standard InChI is InChI=1S/C11H20N2O3/c1-11(2,3)13(10(15)16)12-6-4-9(8-14)5-7-12/h8-9H,4-7H2,1-3H3,(H,15,16). The number of hydrogen-bond acceptors (Lipinski definition) is 3. The molecule has 1 aliphatic heterocycles. The van der Waals surface area contributed by atoms with Crippen molar-refractivity contribution in [3.05, 3.63) is 0 Å². The molecule has 0 aromatic rings. The Morgan fingerprint density at radius 1 is 1.38 bits per heavy atom. The van der Waals surface area contributed by atoms with Gasteiger partial charge in [0.1, 0.15) is 6.29 Å². The predicted molar refractivity (Wildman–Crippen MR) is 60.0 cm³/mol. The number of rotatable bonds is 2. The molecule has 1 fully saturated rings. The first-order valence-corrected chi connectivity index (χ1v) is 5.59. The normalized spacial score (nSPS) is 19.4. The van der Waals surface area contributed by atoms with Gasteiger partial charge in [-0.15, -0.1) is 0 Å². The van der Waals surface area contributed by atoms with Crippen LogP contribution < -0.4 is 0 Å². The Balaban J connectivity index is 2.68. The zero-order chi connectivity index (χ0) is 12.3. The van der Waals surface area contributed by atoms with E-state index in [-0.39, 0.29) is 5.92 Å². The van der Waals surface area contributed by atoms with Crippen LogP contribution in [0.5, 0.6) is 0 Å². The molecule has 1 heterocycles. The van der Waals surface area contributed by atoms with Gasteiger partial charge in [-0.2, -0.15) is 0 Å². The van der Waals surface area contributed by atoms with Gasteiger partial charge in [0, 0.05) is 19.0 Å². The van der Waals surface area contributed by atoms with Crippen molar-refractivity contribution >= 4 is 12.4 Å². The zero-order valence-electron chi connectivity index (χ0n) is 10.1. The van der Waals surface area contributed by atoms with Gasteiger partial charge in [0.2, 0.25) is 0 Å². The maximum absolute atomic E-state index is 11.2. The molecule has 0 aliphatic carbocycles. The van der Waals surface area contributed by atoms with E-state index in [1.807, 2.05) is 25.8 Å². The molecule has 1 saturated heterocycles. The molecular formula is C11H20N2O3. The molecule has 0 unspecified atom stereocenters. The largest absolute Gasteiger partial charge is 0.464 e. The predicted octanol–water partition coefficient (Wildman–Crippen LogP) is 1.59. The molecule has 0 spiro atoms. The molecular weight excluding hydrogens is 208 g/mol. The third-order valence-corrected chi connectivity index (χ3v) is 2.81. The second kappa shape index (κ2) is 4.82. The van der Waals surface area contributed by atoms with Gasteiger partial charge < -0.3 is 9.90 Å². The summed E-state index contributed by atoms with van der Waals surface area (Å²) in [5, 5.41) is 12.4. The number of carbonyl (C=O) groups excluding carboxylic acids is 1. The summed E-state index contributed by atoms with van der Waals surface area (Å²) in [6, 6.07) is 0. The molecule has 1 N–H and O–H groups in total. The lowest BCUT2D eigenvalue weighted by atomic mass is 9.99. The molecule has 92 valence electrons. The van der Waals surface area contributed by atoms with Crippen molar-refractivity contribution in [1.29, 1.82) is 0 Å². The number of hydrazine groups is 1. The summed E-state index contributed by atoms with van der Waals surface area (Å²) in [5.74, 6) is 0.0897. The van der Waals surface area contributed by atoms with Crippen LogP contribution in [0.15, 0.2) is 0 Å². The molecule has 1 aliphatic rings. The molecule has 1 rings (SSSR count). The lowest BCUT2D eigenvalue weighted by Crippen LogP contribution is -2.57. The van der Waals surface area contributed by atoms with Crippen molar-refractivity contribution < 1.29 is 14.7 Å². The fraction of sp³-hybridized carbons (Fsp3) is 0.818. The molecule has 5 nitrogen and oxygen atoms in total. The van der Waals surface area contributed by atoms with Gasteiger partial charge in [0.25, 0.3) is 0 Å².